The van der Waals surface area contributed by atoms with Crippen LogP contribution in [0.2, 0.25) is 5.02 Å². The first-order chi connectivity index (χ1) is 21.7. The molecule has 44 heavy (non-hydrogen) atoms. The van der Waals surface area contributed by atoms with Gasteiger partial charge in [-0.2, -0.15) is 0 Å². The van der Waals surface area contributed by atoms with Crippen molar-refractivity contribution in [1.82, 2.24) is 24.5 Å². The van der Waals surface area contributed by atoms with Crippen LogP contribution in [0.4, 0.5) is 5.95 Å². The van der Waals surface area contributed by atoms with Crippen molar-refractivity contribution in [2.75, 3.05) is 31.2 Å². The second-order valence-electron chi connectivity index (χ2n) is 10.8. The number of aromatic amines is 1. The van der Waals surface area contributed by atoms with Gasteiger partial charge in [-0.3, -0.25) is 9.78 Å². The highest BCUT2D eigenvalue weighted by atomic mass is 35.5. The van der Waals surface area contributed by atoms with Crippen LogP contribution in [0, 0.1) is 18.8 Å². The van der Waals surface area contributed by atoms with Crippen molar-refractivity contribution in [3.63, 3.8) is 0 Å². The number of terminal acetylenes is 1. The summed E-state index contributed by atoms with van der Waals surface area (Å²) in [5.74, 6) is 1.56. The summed E-state index contributed by atoms with van der Waals surface area (Å²) in [5, 5.41) is 0.549. The van der Waals surface area contributed by atoms with Crippen LogP contribution in [0.3, 0.4) is 0 Å². The fraction of sp³-hybridized carbons (Fsp3) is 0.314. The van der Waals surface area contributed by atoms with E-state index in [0.717, 1.165) is 47.9 Å². The lowest BCUT2D eigenvalue weighted by atomic mass is 9.89. The van der Waals surface area contributed by atoms with Gasteiger partial charge in [-0.05, 0) is 37.0 Å². The summed E-state index contributed by atoms with van der Waals surface area (Å²) >= 11 is 6.36. The number of pyridine rings is 3. The highest BCUT2D eigenvalue weighted by molar-refractivity contribution is 6.30. The zero-order valence-corrected chi connectivity index (χ0v) is 25.5. The second kappa shape index (κ2) is 15.3. The van der Waals surface area contributed by atoms with Crippen LogP contribution in [0.15, 0.2) is 83.9 Å². The molecule has 1 saturated heterocycles. The number of morpholine rings is 1. The third-order valence-electron chi connectivity index (χ3n) is 7.85. The molecule has 0 atom stereocenters. The number of hydrogen-bond acceptors (Lipinski definition) is 6. The lowest BCUT2D eigenvalue weighted by Crippen LogP contribution is -2.38. The van der Waals surface area contributed by atoms with Crippen molar-refractivity contribution < 1.29 is 4.74 Å². The largest absolute Gasteiger partial charge is 0.378 e. The number of anilines is 1. The number of aromatic nitrogens is 5. The van der Waals surface area contributed by atoms with E-state index in [2.05, 4.69) is 32.3 Å². The molecule has 1 aliphatic carbocycles. The van der Waals surface area contributed by atoms with Crippen molar-refractivity contribution in [3.8, 4) is 35.5 Å². The topological polar surface area (TPSA) is 88.9 Å². The molecule has 8 nitrogen and oxygen atoms in total. The van der Waals surface area contributed by atoms with Gasteiger partial charge < -0.3 is 19.2 Å². The quantitative estimate of drug-likeness (QED) is 0.219. The molecule has 5 heterocycles. The van der Waals surface area contributed by atoms with Crippen LogP contribution in [-0.4, -0.2) is 50.8 Å². The average molecular weight is 609 g/mol. The zero-order valence-electron chi connectivity index (χ0n) is 24.7. The molecule has 0 spiro atoms. The molecule has 2 fully saturated rings. The minimum absolute atomic E-state index is 0.169. The summed E-state index contributed by atoms with van der Waals surface area (Å²) in [7, 11) is 0. The number of nitrogens with one attached hydrogen (secondary N) is 1. The highest BCUT2D eigenvalue weighted by Gasteiger charge is 2.26. The SMILES string of the molecule is C#C.O=c1cccc(-c2cc3nc(N4CCOCC4)n(CC4CCCCC4)c3c(-c3cncc(Cl)c3)n2)[nH]1.c1ccccc1. The Morgan fingerprint density at radius 1 is 0.909 bits per heavy atom. The minimum atomic E-state index is -0.169. The molecule has 4 aromatic heterocycles. The molecule has 7 rings (SSSR count). The summed E-state index contributed by atoms with van der Waals surface area (Å²) in [5.41, 5.74) is 4.56. The molecule has 5 aromatic rings. The van der Waals surface area contributed by atoms with Gasteiger partial charge in [-0.25, -0.2) is 9.97 Å². The Hall–Kier alpha value is -4.45. The highest BCUT2D eigenvalue weighted by Crippen LogP contribution is 2.36. The number of rotatable bonds is 5. The summed E-state index contributed by atoms with van der Waals surface area (Å²) in [6.45, 7) is 3.87. The molecule has 9 heteroatoms. The van der Waals surface area contributed by atoms with E-state index < -0.39 is 0 Å². The number of H-pyrrole nitrogens is 1. The molecular weight excluding hydrogens is 572 g/mol. The van der Waals surface area contributed by atoms with Crippen LogP contribution < -0.4 is 10.5 Å². The van der Waals surface area contributed by atoms with Gasteiger partial charge in [0.1, 0.15) is 0 Å². The van der Waals surface area contributed by atoms with Crippen LogP contribution in [0.25, 0.3) is 33.7 Å². The Labute approximate surface area is 263 Å². The van der Waals surface area contributed by atoms with E-state index >= 15 is 0 Å². The molecule has 0 amide bonds. The van der Waals surface area contributed by atoms with Gasteiger partial charge >= 0.3 is 0 Å². The lowest BCUT2D eigenvalue weighted by Gasteiger charge is -2.30. The molecule has 1 N–H and O–H groups in total. The molecule has 0 unspecified atom stereocenters. The van der Waals surface area contributed by atoms with Crippen LogP contribution in [0.5, 0.6) is 0 Å². The third kappa shape index (κ3) is 7.54. The van der Waals surface area contributed by atoms with Gasteiger partial charge in [0, 0.05) is 43.7 Å². The normalized spacial score (nSPS) is 15.1. The van der Waals surface area contributed by atoms with Crippen molar-refractivity contribution in [1.29, 1.82) is 0 Å². The van der Waals surface area contributed by atoms with E-state index in [4.69, 9.17) is 26.3 Å². The van der Waals surface area contributed by atoms with Gasteiger partial charge in [0.15, 0.2) is 0 Å². The third-order valence-corrected chi connectivity index (χ3v) is 8.06. The van der Waals surface area contributed by atoms with Gasteiger partial charge in [0.2, 0.25) is 11.5 Å². The molecule has 0 radical (unpaired) electrons. The molecule has 1 aliphatic heterocycles. The van der Waals surface area contributed by atoms with E-state index in [9.17, 15) is 4.79 Å². The minimum Gasteiger partial charge on any atom is -0.378 e. The van der Waals surface area contributed by atoms with E-state index in [0.29, 0.717) is 35.5 Å². The first kappa shape index (κ1) is 31.0. The maximum Gasteiger partial charge on any atom is 0.248 e. The summed E-state index contributed by atoms with van der Waals surface area (Å²) in [6, 6.07) is 21.0. The van der Waals surface area contributed by atoms with Crippen molar-refractivity contribution in [3.05, 3.63) is 94.5 Å². The van der Waals surface area contributed by atoms with Crippen molar-refractivity contribution >= 4 is 28.6 Å². The van der Waals surface area contributed by atoms with E-state index in [1.54, 1.807) is 18.5 Å². The second-order valence-corrected chi connectivity index (χ2v) is 11.3. The first-order valence-electron chi connectivity index (χ1n) is 15.0. The number of fused-ring (bicyclic) bond motifs is 1. The standard InChI is InChI=1S/C27H29ClN6O2.C6H6.C2H2/c28-20-13-19(15-29-16-20)25-26-23(14-22(31-25)21-7-4-8-24(35)30-21)32-27(33-9-11-36-12-10-33)34(26)17-18-5-2-1-3-6-18;1-2-4-6-5-3-1;1-2/h4,7-8,13-16,18H,1-3,5-6,9-12,17H2,(H,30,35);1-6H;1-2H. The van der Waals surface area contributed by atoms with Gasteiger partial charge in [-0.15, -0.1) is 12.8 Å². The monoisotopic (exact) mass is 608 g/mol. The molecule has 226 valence electrons. The average Bonchev–Trinajstić information content (AvgIpc) is 3.45. The number of nitrogens with zero attached hydrogens (tertiary/aromatic N) is 5. The maximum absolute atomic E-state index is 12.1. The Kier molecular flexibility index (Phi) is 10.8. The summed E-state index contributed by atoms with van der Waals surface area (Å²) < 4.78 is 7.99. The lowest BCUT2D eigenvalue weighted by molar-refractivity contribution is 0.121. The van der Waals surface area contributed by atoms with E-state index in [1.165, 1.54) is 38.2 Å². The van der Waals surface area contributed by atoms with Crippen LogP contribution in [0.1, 0.15) is 32.1 Å². The number of ether oxygens (including phenoxy) is 1. The summed E-state index contributed by atoms with van der Waals surface area (Å²) in [4.78, 5) is 31.9. The molecular formula is C35H37ClN6O2. The Balaban J connectivity index is 0.000000425. The molecule has 1 aromatic carbocycles. The van der Waals surface area contributed by atoms with Gasteiger partial charge in [0.25, 0.3) is 0 Å². The zero-order chi connectivity index (χ0) is 30.7. The first-order valence-corrected chi connectivity index (χ1v) is 15.4. The molecule has 0 bridgehead atoms. The maximum atomic E-state index is 12.1. The molecule has 2 aliphatic rings. The number of benzene rings is 1. The fourth-order valence-electron chi connectivity index (χ4n) is 5.81. The van der Waals surface area contributed by atoms with Crippen LogP contribution >= 0.6 is 11.6 Å². The van der Waals surface area contributed by atoms with E-state index in [-0.39, 0.29) is 5.56 Å². The van der Waals surface area contributed by atoms with Crippen LogP contribution in [-0.2, 0) is 11.3 Å². The number of halogens is 1. The Morgan fingerprint density at radius 3 is 2.27 bits per heavy atom. The predicted molar refractivity (Wildman–Crippen MR) is 178 cm³/mol. The van der Waals surface area contributed by atoms with E-state index in [1.807, 2.05) is 54.6 Å². The van der Waals surface area contributed by atoms with Crippen molar-refractivity contribution in [2.45, 2.75) is 38.6 Å². The number of imidazole rings is 1. The van der Waals surface area contributed by atoms with Crippen molar-refractivity contribution in [2.24, 2.45) is 5.92 Å². The Morgan fingerprint density at radius 2 is 1.61 bits per heavy atom. The summed E-state index contributed by atoms with van der Waals surface area (Å²) in [6.07, 6.45) is 17.7. The van der Waals surface area contributed by atoms with Gasteiger partial charge in [0.05, 0.1) is 46.4 Å². The Bertz CT molecular complexity index is 1690. The molecule has 1 saturated carbocycles. The smallest absolute Gasteiger partial charge is 0.248 e. The fourth-order valence-corrected chi connectivity index (χ4v) is 5.99. The number of hydrogen-bond donors (Lipinski definition) is 1. The van der Waals surface area contributed by atoms with Gasteiger partial charge in [-0.1, -0.05) is 73.3 Å². The predicted octanol–water partition coefficient (Wildman–Crippen LogP) is 6.85.